The van der Waals surface area contributed by atoms with E-state index in [1.54, 1.807) is 4.57 Å². The summed E-state index contributed by atoms with van der Waals surface area (Å²) in [5.74, 6) is 1.66. The van der Waals surface area contributed by atoms with Gasteiger partial charge in [0, 0.05) is 12.5 Å². The Bertz CT molecular complexity index is 746. The van der Waals surface area contributed by atoms with Gasteiger partial charge in [-0.2, -0.15) is 0 Å². The maximum Gasteiger partial charge on any atom is 0.167 e. The van der Waals surface area contributed by atoms with Crippen LogP contribution in [0.1, 0.15) is 12.6 Å². The summed E-state index contributed by atoms with van der Waals surface area (Å²) in [5.41, 5.74) is 12.4. The van der Waals surface area contributed by atoms with Gasteiger partial charge >= 0.3 is 0 Å². The highest BCUT2D eigenvalue weighted by molar-refractivity contribution is 7.96. The number of hydrogen-bond donors (Lipinski definition) is 5. The van der Waals surface area contributed by atoms with Crippen molar-refractivity contribution in [2.75, 3.05) is 30.1 Å². The van der Waals surface area contributed by atoms with Gasteiger partial charge in [-0.3, -0.25) is 4.57 Å². The first kappa shape index (κ1) is 19.3. The number of hydrogen-bond acceptors (Lipinski definition) is 9. The van der Waals surface area contributed by atoms with Crippen molar-refractivity contribution in [3.63, 3.8) is 0 Å². The van der Waals surface area contributed by atoms with E-state index in [9.17, 15) is 10.2 Å². The van der Waals surface area contributed by atoms with Crippen LogP contribution in [-0.4, -0.2) is 83.6 Å². The van der Waals surface area contributed by atoms with E-state index in [4.69, 9.17) is 21.3 Å². The molecule has 0 bridgehead atoms. The molecule has 0 aliphatic carbocycles. The van der Waals surface area contributed by atoms with Gasteiger partial charge in [0.15, 0.2) is 17.7 Å². The zero-order valence-corrected chi connectivity index (χ0v) is 15.3. The summed E-state index contributed by atoms with van der Waals surface area (Å²) >= 11 is 0. The quantitative estimate of drug-likeness (QED) is 0.338. The minimum Gasteiger partial charge on any atom is -0.395 e. The highest BCUT2D eigenvalue weighted by Gasteiger charge is 2.46. The molecular weight excluding hydrogens is 360 g/mol. The highest BCUT2D eigenvalue weighted by Crippen LogP contribution is 2.32. The number of aliphatic hydroxyl groups is 3. The SMILES string of the molecule is C[S+](CC[C@H](N)CO)C[C@H]1O[C@@H](n2cnc3c(N)ncnc32)[C@H](O)[C@@H]1O. The van der Waals surface area contributed by atoms with Gasteiger partial charge in [-0.05, 0) is 10.9 Å². The third kappa shape index (κ3) is 3.77. The van der Waals surface area contributed by atoms with Crippen LogP contribution in [0.25, 0.3) is 11.2 Å². The summed E-state index contributed by atoms with van der Waals surface area (Å²) in [7, 11) is -0.0679. The summed E-state index contributed by atoms with van der Waals surface area (Å²) in [6, 6.07) is -0.236. The maximum absolute atomic E-state index is 10.4. The van der Waals surface area contributed by atoms with Crippen molar-refractivity contribution in [3.8, 4) is 0 Å². The number of imidazole rings is 1. The number of ether oxygens (including phenoxy) is 1. The van der Waals surface area contributed by atoms with Crippen LogP contribution >= 0.6 is 0 Å². The molecular formula is C15H25N6O4S+. The second-order valence-corrected chi connectivity index (χ2v) is 8.82. The molecule has 1 unspecified atom stereocenters. The Morgan fingerprint density at radius 3 is 2.81 bits per heavy atom. The first-order valence-electron chi connectivity index (χ1n) is 8.32. The van der Waals surface area contributed by atoms with Gasteiger partial charge in [-0.1, -0.05) is 0 Å². The van der Waals surface area contributed by atoms with Crippen LogP contribution in [0, 0.1) is 0 Å². The van der Waals surface area contributed by atoms with Crippen LogP contribution in [0.3, 0.4) is 0 Å². The predicted molar refractivity (Wildman–Crippen MR) is 98.4 cm³/mol. The number of anilines is 1. The van der Waals surface area contributed by atoms with Crippen LogP contribution in [-0.2, 0) is 15.6 Å². The minimum atomic E-state index is -1.11. The molecule has 6 atom stereocenters. The summed E-state index contributed by atoms with van der Waals surface area (Å²) in [5, 5.41) is 29.9. The van der Waals surface area contributed by atoms with Crippen molar-refractivity contribution >= 4 is 27.9 Å². The zero-order chi connectivity index (χ0) is 18.8. The molecule has 1 aliphatic rings. The molecule has 11 heteroatoms. The molecule has 0 aromatic carbocycles. The van der Waals surface area contributed by atoms with E-state index in [0.717, 1.165) is 5.75 Å². The van der Waals surface area contributed by atoms with E-state index >= 15 is 0 Å². The third-order valence-electron chi connectivity index (χ3n) is 4.52. The zero-order valence-electron chi connectivity index (χ0n) is 14.5. The van der Waals surface area contributed by atoms with E-state index in [1.165, 1.54) is 12.7 Å². The number of nitrogen functional groups attached to an aromatic ring is 1. The van der Waals surface area contributed by atoms with Crippen molar-refractivity contribution in [2.24, 2.45) is 5.73 Å². The van der Waals surface area contributed by atoms with E-state index in [-0.39, 0.29) is 29.4 Å². The van der Waals surface area contributed by atoms with Crippen molar-refractivity contribution in [3.05, 3.63) is 12.7 Å². The third-order valence-corrected chi connectivity index (χ3v) is 6.35. The van der Waals surface area contributed by atoms with Gasteiger partial charge in [-0.25, -0.2) is 15.0 Å². The van der Waals surface area contributed by atoms with Crippen LogP contribution in [0.4, 0.5) is 5.82 Å². The molecule has 1 aliphatic heterocycles. The second-order valence-electron chi connectivity index (χ2n) is 6.51. The first-order chi connectivity index (χ1) is 12.4. The van der Waals surface area contributed by atoms with Gasteiger partial charge in [0.1, 0.15) is 41.7 Å². The molecule has 1 fully saturated rings. The Balaban J connectivity index is 1.70. The lowest BCUT2D eigenvalue weighted by Crippen LogP contribution is -2.36. The molecule has 10 nitrogen and oxygen atoms in total. The fourth-order valence-corrected chi connectivity index (χ4v) is 4.67. The first-order valence-corrected chi connectivity index (χ1v) is 10.3. The van der Waals surface area contributed by atoms with Crippen molar-refractivity contribution < 1.29 is 20.1 Å². The van der Waals surface area contributed by atoms with Gasteiger partial charge in [0.25, 0.3) is 0 Å². The molecule has 2 aromatic heterocycles. The van der Waals surface area contributed by atoms with Crippen molar-refractivity contribution in [1.29, 1.82) is 0 Å². The van der Waals surface area contributed by atoms with E-state index < -0.39 is 24.5 Å². The fraction of sp³-hybridized carbons (Fsp3) is 0.667. The monoisotopic (exact) mass is 385 g/mol. The molecule has 3 heterocycles. The van der Waals surface area contributed by atoms with Crippen molar-refractivity contribution in [1.82, 2.24) is 19.5 Å². The maximum atomic E-state index is 10.4. The molecule has 1 saturated heterocycles. The van der Waals surface area contributed by atoms with Gasteiger partial charge in [0.2, 0.25) is 0 Å². The van der Waals surface area contributed by atoms with Crippen LogP contribution in [0.15, 0.2) is 12.7 Å². The summed E-state index contributed by atoms with van der Waals surface area (Å²) in [4.78, 5) is 12.2. The number of aliphatic hydroxyl groups excluding tert-OH is 3. The van der Waals surface area contributed by atoms with Crippen molar-refractivity contribution in [2.45, 2.75) is 37.0 Å². The van der Waals surface area contributed by atoms with Crippen LogP contribution < -0.4 is 11.5 Å². The van der Waals surface area contributed by atoms with E-state index in [1.807, 2.05) is 0 Å². The smallest absolute Gasteiger partial charge is 0.167 e. The second kappa shape index (κ2) is 8.03. The van der Waals surface area contributed by atoms with Crippen LogP contribution in [0.2, 0.25) is 0 Å². The molecule has 3 rings (SSSR count). The lowest BCUT2D eigenvalue weighted by Gasteiger charge is -2.16. The standard InChI is InChI=1S/C15H25N6O4S/c1-26(3-2-8(16)4-22)5-9-11(23)12(24)15(25-9)21-7-20-10-13(17)18-6-19-14(10)21/h6-9,11-12,15,22-24H,2-5,16H2,1H3,(H2,17,18,19)/q+1/t8-,9+,11+,12+,15+,26?/m0/s1. The molecule has 7 N–H and O–H groups in total. The van der Waals surface area contributed by atoms with Gasteiger partial charge < -0.3 is 31.5 Å². The molecule has 2 aromatic rings. The van der Waals surface area contributed by atoms with Crippen LogP contribution in [0.5, 0.6) is 0 Å². The largest absolute Gasteiger partial charge is 0.395 e. The lowest BCUT2D eigenvalue weighted by atomic mass is 10.1. The Hall–Kier alpha value is -1.50. The summed E-state index contributed by atoms with van der Waals surface area (Å²) in [6.45, 7) is -0.0424. The van der Waals surface area contributed by atoms with Gasteiger partial charge in [-0.15, -0.1) is 0 Å². The Labute approximate surface area is 153 Å². The summed E-state index contributed by atoms with van der Waals surface area (Å²) in [6.07, 6.45) is 2.12. The Morgan fingerprint density at radius 1 is 1.31 bits per heavy atom. The molecule has 0 spiro atoms. The molecule has 0 amide bonds. The average Bonchev–Trinajstić information content (AvgIpc) is 3.17. The summed E-state index contributed by atoms with van der Waals surface area (Å²) < 4.78 is 7.50. The van der Waals surface area contributed by atoms with Gasteiger partial charge in [0.05, 0.1) is 19.2 Å². The number of rotatable bonds is 7. The minimum absolute atomic E-state index is 0.0424. The lowest BCUT2D eigenvalue weighted by molar-refractivity contribution is -0.0290. The molecule has 0 radical (unpaired) electrons. The number of aromatic nitrogens is 4. The normalized spacial score (nSPS) is 28.5. The fourth-order valence-electron chi connectivity index (χ4n) is 2.96. The number of fused-ring (bicyclic) bond motifs is 1. The number of nitrogens with two attached hydrogens (primary N) is 2. The topological polar surface area (TPSA) is 166 Å². The molecule has 26 heavy (non-hydrogen) atoms. The van der Waals surface area contributed by atoms with E-state index in [2.05, 4.69) is 21.2 Å². The highest BCUT2D eigenvalue weighted by atomic mass is 32.2. The van der Waals surface area contributed by atoms with E-state index in [0.29, 0.717) is 23.3 Å². The molecule has 144 valence electrons. The predicted octanol–water partition coefficient (Wildman–Crippen LogP) is -2.01. The number of nitrogens with zero attached hydrogens (tertiary/aromatic N) is 4. The Kier molecular flexibility index (Phi) is 5.95. The Morgan fingerprint density at radius 2 is 2.08 bits per heavy atom. The molecule has 0 saturated carbocycles. The average molecular weight is 385 g/mol.